The summed E-state index contributed by atoms with van der Waals surface area (Å²) in [7, 11) is -2.17. The van der Waals surface area contributed by atoms with Gasteiger partial charge in [-0.25, -0.2) is 8.42 Å². The Hall–Kier alpha value is -1.13. The van der Waals surface area contributed by atoms with Gasteiger partial charge in [0.1, 0.15) is 4.90 Å². The zero-order valence-corrected chi connectivity index (χ0v) is 12.6. The molecular formula is C13H15ClN2O3S. The van der Waals surface area contributed by atoms with Gasteiger partial charge in [0.2, 0.25) is 10.0 Å². The van der Waals surface area contributed by atoms with Crippen LogP contribution in [0.1, 0.15) is 18.4 Å². The maximum absolute atomic E-state index is 12.7. The summed E-state index contributed by atoms with van der Waals surface area (Å²) in [6.45, 7) is 0.613. The maximum Gasteiger partial charge on any atom is 0.244 e. The second-order valence-corrected chi connectivity index (χ2v) is 6.86. The van der Waals surface area contributed by atoms with Crippen molar-refractivity contribution in [2.45, 2.75) is 23.8 Å². The fourth-order valence-electron chi connectivity index (χ4n) is 1.94. The molecule has 1 aliphatic rings. The van der Waals surface area contributed by atoms with Gasteiger partial charge in [-0.2, -0.15) is 9.57 Å². The lowest BCUT2D eigenvalue weighted by Crippen LogP contribution is -2.36. The van der Waals surface area contributed by atoms with Crippen molar-refractivity contribution in [3.05, 3.63) is 28.8 Å². The van der Waals surface area contributed by atoms with E-state index in [0.717, 1.165) is 12.8 Å². The van der Waals surface area contributed by atoms with Gasteiger partial charge in [-0.3, -0.25) is 0 Å². The molecule has 0 unspecified atom stereocenters. The summed E-state index contributed by atoms with van der Waals surface area (Å²) in [5, 5.41) is 9.03. The molecule has 0 bridgehead atoms. The Kier molecular flexibility index (Phi) is 4.66. The van der Waals surface area contributed by atoms with Crippen LogP contribution in [-0.2, 0) is 14.8 Å². The third-order valence-electron chi connectivity index (χ3n) is 3.12. The predicted octanol–water partition coefficient (Wildman–Crippen LogP) is 2.01. The van der Waals surface area contributed by atoms with E-state index in [9.17, 15) is 8.42 Å². The lowest BCUT2D eigenvalue weighted by Gasteiger charge is -2.22. The molecule has 0 saturated heterocycles. The summed E-state index contributed by atoms with van der Waals surface area (Å²) >= 11 is 5.99. The largest absolute Gasteiger partial charge is 0.383 e. The summed E-state index contributed by atoms with van der Waals surface area (Å²) in [5.74, 6) is 0. The third-order valence-corrected chi connectivity index (χ3v) is 5.55. The van der Waals surface area contributed by atoms with Crippen LogP contribution in [0.4, 0.5) is 0 Å². The van der Waals surface area contributed by atoms with Crippen LogP contribution in [0.25, 0.3) is 0 Å². The van der Waals surface area contributed by atoms with Crippen molar-refractivity contribution in [3.63, 3.8) is 0 Å². The van der Waals surface area contributed by atoms with Crippen LogP contribution in [0.15, 0.2) is 23.1 Å². The number of rotatable bonds is 6. The van der Waals surface area contributed by atoms with Crippen LogP contribution in [0, 0.1) is 11.3 Å². The van der Waals surface area contributed by atoms with E-state index in [0.29, 0.717) is 6.61 Å². The Labute approximate surface area is 123 Å². The monoisotopic (exact) mass is 314 g/mol. The highest BCUT2D eigenvalue weighted by molar-refractivity contribution is 7.89. The van der Waals surface area contributed by atoms with Crippen LogP contribution in [-0.4, -0.2) is 39.0 Å². The Bertz CT molecular complexity index is 636. The van der Waals surface area contributed by atoms with Crippen molar-refractivity contribution in [3.8, 4) is 6.07 Å². The average Bonchev–Trinajstić information content (AvgIpc) is 3.24. The van der Waals surface area contributed by atoms with Gasteiger partial charge in [0, 0.05) is 19.7 Å². The van der Waals surface area contributed by atoms with Crippen molar-refractivity contribution in [1.29, 1.82) is 5.26 Å². The highest BCUT2D eigenvalue weighted by atomic mass is 35.5. The summed E-state index contributed by atoms with van der Waals surface area (Å²) in [6.07, 6.45) is 1.69. The molecule has 7 heteroatoms. The third kappa shape index (κ3) is 3.13. The van der Waals surface area contributed by atoms with E-state index >= 15 is 0 Å². The fraction of sp³-hybridized carbons (Fsp3) is 0.462. The van der Waals surface area contributed by atoms with E-state index in [1.54, 1.807) is 0 Å². The molecule has 2 rings (SSSR count). The van der Waals surface area contributed by atoms with E-state index in [-0.39, 0.29) is 28.1 Å². The smallest absolute Gasteiger partial charge is 0.244 e. The molecule has 1 saturated carbocycles. The number of benzene rings is 1. The van der Waals surface area contributed by atoms with E-state index in [2.05, 4.69) is 0 Å². The molecule has 1 fully saturated rings. The van der Waals surface area contributed by atoms with Crippen molar-refractivity contribution >= 4 is 21.6 Å². The number of ether oxygens (including phenoxy) is 1. The average molecular weight is 315 g/mol. The Morgan fingerprint density at radius 1 is 1.50 bits per heavy atom. The number of methoxy groups -OCH3 is 1. The van der Waals surface area contributed by atoms with Gasteiger partial charge in [-0.1, -0.05) is 11.6 Å². The van der Waals surface area contributed by atoms with Crippen LogP contribution in [0.2, 0.25) is 5.02 Å². The highest BCUT2D eigenvalue weighted by Crippen LogP contribution is 2.34. The standard InChI is InChI=1S/C13H15ClN2O3S/c1-19-7-6-16(11-3-4-11)20(17,18)13-8-10(9-15)2-5-12(13)14/h2,5,8,11H,3-4,6-7H2,1H3. The quantitative estimate of drug-likeness (QED) is 0.805. The Morgan fingerprint density at radius 3 is 2.75 bits per heavy atom. The number of hydrogen-bond donors (Lipinski definition) is 0. The molecule has 0 aromatic heterocycles. The molecule has 1 aromatic carbocycles. The molecule has 1 aromatic rings. The van der Waals surface area contributed by atoms with Crippen LogP contribution < -0.4 is 0 Å². The molecule has 0 N–H and O–H groups in total. The van der Waals surface area contributed by atoms with Gasteiger partial charge in [-0.15, -0.1) is 0 Å². The van der Waals surface area contributed by atoms with E-state index in [1.807, 2.05) is 6.07 Å². The molecule has 0 atom stereocenters. The Morgan fingerprint density at radius 2 is 2.20 bits per heavy atom. The second-order valence-electron chi connectivity index (χ2n) is 4.60. The molecule has 0 spiro atoms. The van der Waals surface area contributed by atoms with Gasteiger partial charge in [-0.05, 0) is 31.0 Å². The van der Waals surface area contributed by atoms with E-state index < -0.39 is 10.0 Å². The minimum Gasteiger partial charge on any atom is -0.383 e. The first-order valence-corrected chi connectivity index (χ1v) is 8.03. The van der Waals surface area contributed by atoms with Crippen LogP contribution in [0.3, 0.4) is 0 Å². The van der Waals surface area contributed by atoms with Gasteiger partial charge >= 0.3 is 0 Å². The van der Waals surface area contributed by atoms with Crippen LogP contribution >= 0.6 is 11.6 Å². The van der Waals surface area contributed by atoms with Gasteiger partial charge < -0.3 is 4.74 Å². The normalized spacial score (nSPS) is 15.3. The molecule has 20 heavy (non-hydrogen) atoms. The van der Waals surface area contributed by atoms with Crippen LogP contribution in [0.5, 0.6) is 0 Å². The molecule has 0 aliphatic heterocycles. The molecule has 5 nitrogen and oxygen atoms in total. The van der Waals surface area contributed by atoms with Gasteiger partial charge in [0.05, 0.1) is 23.3 Å². The first-order valence-electron chi connectivity index (χ1n) is 6.21. The van der Waals surface area contributed by atoms with E-state index in [4.69, 9.17) is 21.6 Å². The minimum atomic E-state index is -3.70. The topological polar surface area (TPSA) is 70.4 Å². The zero-order chi connectivity index (χ0) is 14.8. The van der Waals surface area contributed by atoms with Crippen molar-refractivity contribution in [2.24, 2.45) is 0 Å². The summed E-state index contributed by atoms with van der Waals surface area (Å²) in [6, 6.07) is 6.19. The number of nitrogens with zero attached hydrogens (tertiary/aromatic N) is 2. The summed E-state index contributed by atoms with van der Waals surface area (Å²) < 4.78 is 31.8. The molecular weight excluding hydrogens is 300 g/mol. The van der Waals surface area contributed by atoms with Crippen molar-refractivity contribution in [2.75, 3.05) is 20.3 Å². The molecule has 0 amide bonds. The highest BCUT2D eigenvalue weighted by Gasteiger charge is 2.38. The number of nitriles is 1. The lowest BCUT2D eigenvalue weighted by atomic mass is 10.2. The SMILES string of the molecule is COCCN(C1CC1)S(=O)(=O)c1cc(C#N)ccc1Cl. The predicted molar refractivity (Wildman–Crippen MR) is 75.0 cm³/mol. The van der Waals surface area contributed by atoms with E-state index in [1.165, 1.54) is 29.6 Å². The number of hydrogen-bond acceptors (Lipinski definition) is 4. The first kappa shape index (κ1) is 15.3. The molecule has 0 radical (unpaired) electrons. The van der Waals surface area contributed by atoms with Gasteiger partial charge in [0.25, 0.3) is 0 Å². The number of halogens is 1. The fourth-order valence-corrected chi connectivity index (χ4v) is 4.11. The Balaban J connectivity index is 2.39. The summed E-state index contributed by atoms with van der Waals surface area (Å²) in [5.41, 5.74) is 0.274. The molecule has 108 valence electrons. The maximum atomic E-state index is 12.7. The molecule has 1 aliphatic carbocycles. The lowest BCUT2D eigenvalue weighted by molar-refractivity contribution is 0.177. The zero-order valence-electron chi connectivity index (χ0n) is 11.0. The number of sulfonamides is 1. The van der Waals surface area contributed by atoms with Crippen molar-refractivity contribution in [1.82, 2.24) is 4.31 Å². The summed E-state index contributed by atoms with van der Waals surface area (Å²) in [4.78, 5) is -0.0128. The second kappa shape index (κ2) is 6.10. The minimum absolute atomic E-state index is 0.0111. The first-order chi connectivity index (χ1) is 9.50. The molecule has 0 heterocycles. The van der Waals surface area contributed by atoms with Gasteiger partial charge in [0.15, 0.2) is 0 Å². The van der Waals surface area contributed by atoms with Crippen molar-refractivity contribution < 1.29 is 13.2 Å².